The van der Waals surface area contributed by atoms with Crippen LogP contribution in [0.1, 0.15) is 6.42 Å². The lowest BCUT2D eigenvalue weighted by Gasteiger charge is -2.09. The molecule has 1 heterocycles. The Bertz CT molecular complexity index is 1260. The molecule has 8 nitrogen and oxygen atoms in total. The van der Waals surface area contributed by atoms with Crippen LogP contribution in [0.25, 0.3) is 21.8 Å². The maximum absolute atomic E-state index is 11.4. The lowest BCUT2D eigenvalue weighted by Crippen LogP contribution is -2.08. The van der Waals surface area contributed by atoms with Crippen molar-refractivity contribution >= 4 is 33.5 Å². The average molecular weight is 420 g/mol. The Balaban J connectivity index is 1.42. The molecule has 8 heteroatoms. The summed E-state index contributed by atoms with van der Waals surface area (Å²) in [4.78, 5) is 21.7. The monoisotopic (exact) mass is 420 g/mol. The molecular formula is C23H20N2O6. The van der Waals surface area contributed by atoms with E-state index in [1.54, 1.807) is 16.7 Å². The number of benzene rings is 3. The zero-order valence-corrected chi connectivity index (χ0v) is 16.6. The van der Waals surface area contributed by atoms with Gasteiger partial charge in [0.2, 0.25) is 0 Å². The van der Waals surface area contributed by atoms with Crippen LogP contribution in [0.3, 0.4) is 0 Å². The molecule has 0 radical (unpaired) electrons. The van der Waals surface area contributed by atoms with Gasteiger partial charge in [-0.15, -0.1) is 0 Å². The standard InChI is InChI=1S/C23H20N2O6/c26-23(27)15-24-21-8-2-1-7-19(21)20-10-9-18(14-22(20)24)31-12-4-11-30-17-6-3-5-16(13-17)25(28)29/h1-3,5-10,13-14H,4,11-12,15H2,(H,26,27). The van der Waals surface area contributed by atoms with Crippen LogP contribution in [-0.2, 0) is 11.3 Å². The van der Waals surface area contributed by atoms with Gasteiger partial charge in [0, 0.05) is 34.8 Å². The van der Waals surface area contributed by atoms with Crippen LogP contribution in [0.5, 0.6) is 11.5 Å². The summed E-state index contributed by atoms with van der Waals surface area (Å²) in [5, 5.41) is 22.1. The van der Waals surface area contributed by atoms with Crippen LogP contribution < -0.4 is 9.47 Å². The van der Waals surface area contributed by atoms with Crippen LogP contribution >= 0.6 is 0 Å². The number of hydrogen-bond acceptors (Lipinski definition) is 5. The van der Waals surface area contributed by atoms with Gasteiger partial charge in [-0.2, -0.15) is 0 Å². The lowest BCUT2D eigenvalue weighted by molar-refractivity contribution is -0.384. The highest BCUT2D eigenvalue weighted by molar-refractivity contribution is 6.08. The highest BCUT2D eigenvalue weighted by Gasteiger charge is 2.13. The van der Waals surface area contributed by atoms with Crippen molar-refractivity contribution in [1.29, 1.82) is 0 Å². The predicted molar refractivity (Wildman–Crippen MR) is 116 cm³/mol. The SMILES string of the molecule is O=C(O)Cn1c2ccccc2c2ccc(OCCCOc3cccc([N+](=O)[O-])c3)cc21. The maximum atomic E-state index is 11.4. The number of non-ortho nitro benzene ring substituents is 1. The van der Waals surface area contributed by atoms with Crippen LogP contribution in [0.2, 0.25) is 0 Å². The summed E-state index contributed by atoms with van der Waals surface area (Å²) >= 11 is 0. The normalized spacial score (nSPS) is 11.0. The number of aliphatic carboxylic acids is 1. The fourth-order valence-electron chi connectivity index (χ4n) is 3.55. The minimum absolute atomic E-state index is 0.0150. The number of fused-ring (bicyclic) bond motifs is 3. The number of carboxylic acid groups (broad SMARTS) is 1. The summed E-state index contributed by atoms with van der Waals surface area (Å²) in [5.41, 5.74) is 1.65. The summed E-state index contributed by atoms with van der Waals surface area (Å²) < 4.78 is 13.1. The van der Waals surface area contributed by atoms with Gasteiger partial charge in [0.25, 0.3) is 5.69 Å². The number of hydrogen-bond donors (Lipinski definition) is 1. The van der Waals surface area contributed by atoms with Gasteiger partial charge in [0.15, 0.2) is 0 Å². The van der Waals surface area contributed by atoms with E-state index < -0.39 is 10.9 Å². The molecule has 31 heavy (non-hydrogen) atoms. The third-order valence-corrected chi connectivity index (χ3v) is 4.89. The summed E-state index contributed by atoms with van der Waals surface area (Å²) in [6, 6.07) is 19.4. The van der Waals surface area contributed by atoms with E-state index in [-0.39, 0.29) is 12.2 Å². The van der Waals surface area contributed by atoms with Crippen molar-refractivity contribution in [2.24, 2.45) is 0 Å². The largest absolute Gasteiger partial charge is 0.493 e. The molecule has 0 fully saturated rings. The molecule has 0 aliphatic heterocycles. The molecule has 0 aliphatic rings. The number of ether oxygens (including phenoxy) is 2. The van der Waals surface area contributed by atoms with Crippen molar-refractivity contribution in [3.63, 3.8) is 0 Å². The third kappa shape index (κ3) is 4.42. The predicted octanol–water partition coefficient (Wildman–Crippen LogP) is 4.64. The summed E-state index contributed by atoms with van der Waals surface area (Å²) in [7, 11) is 0. The van der Waals surface area contributed by atoms with Crippen LogP contribution in [0.4, 0.5) is 5.69 Å². The van der Waals surface area contributed by atoms with Crippen molar-refractivity contribution in [2.45, 2.75) is 13.0 Å². The number of nitrogens with zero attached hydrogens (tertiary/aromatic N) is 2. The molecule has 1 N–H and O–H groups in total. The van der Waals surface area contributed by atoms with E-state index in [0.717, 1.165) is 21.8 Å². The number of nitro benzene ring substituents is 1. The molecule has 4 aromatic rings. The van der Waals surface area contributed by atoms with Crippen LogP contribution in [0.15, 0.2) is 66.7 Å². The van der Waals surface area contributed by atoms with Gasteiger partial charge in [-0.05, 0) is 24.3 Å². The number of nitro groups is 1. The third-order valence-electron chi connectivity index (χ3n) is 4.89. The Hall–Kier alpha value is -4.07. The number of carboxylic acids is 1. The first-order chi connectivity index (χ1) is 15.0. The Morgan fingerprint density at radius 3 is 2.35 bits per heavy atom. The van der Waals surface area contributed by atoms with Crippen molar-refractivity contribution in [3.05, 3.63) is 76.8 Å². The summed E-state index contributed by atoms with van der Waals surface area (Å²) in [6.45, 7) is 0.604. The quantitative estimate of drug-likeness (QED) is 0.240. The molecule has 1 aromatic heterocycles. The second kappa shape index (κ2) is 8.74. The molecule has 0 saturated carbocycles. The topological polar surface area (TPSA) is 104 Å². The average Bonchev–Trinajstić information content (AvgIpc) is 3.06. The number of aromatic nitrogens is 1. The van der Waals surface area contributed by atoms with Gasteiger partial charge in [0.1, 0.15) is 18.0 Å². The van der Waals surface area contributed by atoms with E-state index in [4.69, 9.17) is 9.47 Å². The van der Waals surface area contributed by atoms with Gasteiger partial charge in [-0.1, -0.05) is 24.3 Å². The molecule has 0 bridgehead atoms. The highest BCUT2D eigenvalue weighted by atomic mass is 16.6. The minimum Gasteiger partial charge on any atom is -0.493 e. The zero-order valence-electron chi connectivity index (χ0n) is 16.6. The van der Waals surface area contributed by atoms with Gasteiger partial charge in [-0.3, -0.25) is 14.9 Å². The van der Waals surface area contributed by atoms with Crippen molar-refractivity contribution in [3.8, 4) is 11.5 Å². The first-order valence-corrected chi connectivity index (χ1v) is 9.76. The van der Waals surface area contributed by atoms with Crippen molar-refractivity contribution in [1.82, 2.24) is 4.57 Å². The fraction of sp³-hybridized carbons (Fsp3) is 0.174. The number of carbonyl (C=O) groups is 1. The second-order valence-electron chi connectivity index (χ2n) is 6.98. The van der Waals surface area contributed by atoms with E-state index in [1.807, 2.05) is 42.5 Å². The summed E-state index contributed by atoms with van der Waals surface area (Å²) in [6.07, 6.45) is 0.582. The molecule has 3 aromatic carbocycles. The summed E-state index contributed by atoms with van der Waals surface area (Å²) in [5.74, 6) is 0.165. The van der Waals surface area contributed by atoms with Gasteiger partial charge in [-0.25, -0.2) is 0 Å². The first kappa shape index (κ1) is 20.2. The molecule has 0 unspecified atom stereocenters. The van der Waals surface area contributed by atoms with Crippen LogP contribution in [0, 0.1) is 10.1 Å². The van der Waals surface area contributed by atoms with Crippen LogP contribution in [-0.4, -0.2) is 33.8 Å². The fourth-order valence-corrected chi connectivity index (χ4v) is 3.55. The van der Waals surface area contributed by atoms with E-state index >= 15 is 0 Å². The number of para-hydroxylation sites is 1. The Labute approximate surface area is 177 Å². The lowest BCUT2D eigenvalue weighted by atomic mass is 10.1. The molecule has 0 atom stereocenters. The highest BCUT2D eigenvalue weighted by Crippen LogP contribution is 2.31. The van der Waals surface area contributed by atoms with E-state index in [9.17, 15) is 20.0 Å². The first-order valence-electron chi connectivity index (χ1n) is 9.76. The van der Waals surface area contributed by atoms with Crippen molar-refractivity contribution in [2.75, 3.05) is 13.2 Å². The van der Waals surface area contributed by atoms with Gasteiger partial charge < -0.3 is 19.1 Å². The molecule has 158 valence electrons. The zero-order chi connectivity index (χ0) is 21.8. The minimum atomic E-state index is -0.910. The van der Waals surface area contributed by atoms with Crippen molar-refractivity contribution < 1.29 is 24.3 Å². The molecule has 0 amide bonds. The van der Waals surface area contributed by atoms with E-state index in [1.165, 1.54) is 12.1 Å². The Kier molecular flexibility index (Phi) is 5.70. The number of rotatable bonds is 9. The molecule has 0 spiro atoms. The Morgan fingerprint density at radius 1 is 0.903 bits per heavy atom. The van der Waals surface area contributed by atoms with Gasteiger partial charge >= 0.3 is 5.97 Å². The van der Waals surface area contributed by atoms with E-state index in [2.05, 4.69) is 0 Å². The smallest absolute Gasteiger partial charge is 0.323 e. The maximum Gasteiger partial charge on any atom is 0.323 e. The van der Waals surface area contributed by atoms with Gasteiger partial charge in [0.05, 0.1) is 29.7 Å². The molecule has 0 aliphatic carbocycles. The molecule has 0 saturated heterocycles. The second-order valence-corrected chi connectivity index (χ2v) is 6.98. The Morgan fingerprint density at radius 2 is 1.61 bits per heavy atom. The molecule has 4 rings (SSSR count). The molecular weight excluding hydrogens is 400 g/mol. The van der Waals surface area contributed by atoms with E-state index in [0.29, 0.717) is 31.1 Å².